The number of nitrogens with one attached hydrogen (secondary N) is 1. The van der Waals surface area contributed by atoms with Crippen molar-refractivity contribution >= 4 is 0 Å². The van der Waals surface area contributed by atoms with Crippen molar-refractivity contribution in [2.24, 2.45) is 0 Å². The number of hydrogen-bond acceptors (Lipinski definition) is 5. The molecule has 1 aliphatic carbocycles. The molecule has 120 valence electrons. The topological polar surface area (TPSA) is 60.0 Å². The van der Waals surface area contributed by atoms with Crippen LogP contribution < -0.4 is 5.32 Å². The van der Waals surface area contributed by atoms with Crippen LogP contribution >= 0.6 is 0 Å². The van der Waals surface area contributed by atoms with E-state index in [0.717, 1.165) is 25.7 Å². The second-order valence-corrected chi connectivity index (χ2v) is 5.93. The van der Waals surface area contributed by atoms with Crippen LogP contribution in [0.5, 0.6) is 0 Å². The molecular formula is C15H31NO4. The first-order chi connectivity index (χ1) is 9.62. The van der Waals surface area contributed by atoms with Gasteiger partial charge >= 0.3 is 0 Å². The molecule has 0 aliphatic heterocycles. The first-order valence-corrected chi connectivity index (χ1v) is 7.69. The van der Waals surface area contributed by atoms with Gasteiger partial charge in [-0.1, -0.05) is 13.8 Å². The molecule has 5 nitrogen and oxygen atoms in total. The second-order valence-electron chi connectivity index (χ2n) is 5.93. The smallest absolute Gasteiger partial charge is 0.0704 e. The van der Waals surface area contributed by atoms with Crippen LogP contribution in [0.1, 0.15) is 39.5 Å². The Morgan fingerprint density at radius 2 is 2.00 bits per heavy atom. The molecule has 0 spiro atoms. The molecule has 1 fully saturated rings. The van der Waals surface area contributed by atoms with Gasteiger partial charge in [-0.3, -0.25) is 0 Å². The van der Waals surface area contributed by atoms with Gasteiger partial charge in [0.2, 0.25) is 0 Å². The fourth-order valence-corrected chi connectivity index (χ4v) is 2.90. The summed E-state index contributed by atoms with van der Waals surface area (Å²) >= 11 is 0. The zero-order valence-corrected chi connectivity index (χ0v) is 13.2. The summed E-state index contributed by atoms with van der Waals surface area (Å²) in [5.74, 6) is 0. The van der Waals surface area contributed by atoms with E-state index < -0.39 is 0 Å². The lowest BCUT2D eigenvalue weighted by Crippen LogP contribution is -2.55. The first kappa shape index (κ1) is 17.9. The van der Waals surface area contributed by atoms with Crippen LogP contribution in [0.2, 0.25) is 0 Å². The summed E-state index contributed by atoms with van der Waals surface area (Å²) in [6, 6.07) is 0.373. The monoisotopic (exact) mass is 289 g/mol. The SMILES string of the molecule is COCCOCCOC1CCCC(CO)(NC(C)C)C1. The molecule has 2 atom stereocenters. The van der Waals surface area contributed by atoms with Gasteiger partial charge < -0.3 is 24.6 Å². The van der Waals surface area contributed by atoms with Crippen LogP contribution in [0, 0.1) is 0 Å². The summed E-state index contributed by atoms with van der Waals surface area (Å²) in [5.41, 5.74) is -0.173. The number of ether oxygens (including phenoxy) is 3. The Morgan fingerprint density at radius 1 is 1.25 bits per heavy atom. The molecule has 0 heterocycles. The van der Waals surface area contributed by atoms with E-state index in [4.69, 9.17) is 14.2 Å². The number of aliphatic hydroxyl groups is 1. The molecule has 0 bridgehead atoms. The lowest BCUT2D eigenvalue weighted by Gasteiger charge is -2.41. The molecule has 1 rings (SSSR count). The summed E-state index contributed by atoms with van der Waals surface area (Å²) in [7, 11) is 1.66. The zero-order chi connectivity index (χ0) is 14.8. The molecule has 20 heavy (non-hydrogen) atoms. The van der Waals surface area contributed by atoms with Crippen LogP contribution in [0.3, 0.4) is 0 Å². The van der Waals surface area contributed by atoms with E-state index >= 15 is 0 Å². The quantitative estimate of drug-likeness (QED) is 0.594. The average molecular weight is 289 g/mol. The summed E-state index contributed by atoms with van der Waals surface area (Å²) in [5, 5.41) is 13.2. The van der Waals surface area contributed by atoms with Gasteiger partial charge in [-0.05, 0) is 25.7 Å². The average Bonchev–Trinajstić information content (AvgIpc) is 2.42. The van der Waals surface area contributed by atoms with Gasteiger partial charge in [0.15, 0.2) is 0 Å². The van der Waals surface area contributed by atoms with E-state index in [2.05, 4.69) is 19.2 Å². The van der Waals surface area contributed by atoms with Gasteiger partial charge in [0.1, 0.15) is 0 Å². The highest BCUT2D eigenvalue weighted by molar-refractivity contribution is 4.94. The first-order valence-electron chi connectivity index (χ1n) is 7.69. The van der Waals surface area contributed by atoms with Gasteiger partial charge in [-0.15, -0.1) is 0 Å². The summed E-state index contributed by atoms with van der Waals surface area (Å²) in [6.45, 7) is 6.85. The molecule has 0 amide bonds. The van der Waals surface area contributed by atoms with E-state index in [1.165, 1.54) is 0 Å². The second kappa shape index (κ2) is 9.68. The molecule has 0 radical (unpaired) electrons. The van der Waals surface area contributed by atoms with E-state index in [1.54, 1.807) is 7.11 Å². The Bertz CT molecular complexity index is 250. The normalized spacial score (nSPS) is 27.1. The molecule has 2 unspecified atom stereocenters. The van der Waals surface area contributed by atoms with Crippen molar-refractivity contribution in [3.63, 3.8) is 0 Å². The highest BCUT2D eigenvalue weighted by atomic mass is 16.5. The Kier molecular flexibility index (Phi) is 8.64. The lowest BCUT2D eigenvalue weighted by atomic mass is 9.80. The van der Waals surface area contributed by atoms with Crippen molar-refractivity contribution in [1.82, 2.24) is 5.32 Å². The number of aliphatic hydroxyl groups excluding tert-OH is 1. The van der Waals surface area contributed by atoms with E-state index in [0.29, 0.717) is 32.5 Å². The standard InChI is InChI=1S/C15H31NO4/c1-13(2)16-15(12-17)6-4-5-14(11-15)20-10-9-19-8-7-18-3/h13-14,16-17H,4-12H2,1-3H3. The Hall–Kier alpha value is -0.200. The molecular weight excluding hydrogens is 258 g/mol. The predicted octanol–water partition coefficient (Wildman–Crippen LogP) is 1.34. The fourth-order valence-electron chi connectivity index (χ4n) is 2.90. The van der Waals surface area contributed by atoms with Crippen LogP contribution in [0.4, 0.5) is 0 Å². The Morgan fingerprint density at radius 3 is 2.65 bits per heavy atom. The largest absolute Gasteiger partial charge is 0.394 e. The minimum Gasteiger partial charge on any atom is -0.394 e. The van der Waals surface area contributed by atoms with Crippen LogP contribution in [-0.2, 0) is 14.2 Å². The molecule has 1 saturated carbocycles. The number of hydrogen-bond donors (Lipinski definition) is 2. The molecule has 0 aromatic rings. The van der Waals surface area contributed by atoms with Gasteiger partial charge in [-0.2, -0.15) is 0 Å². The van der Waals surface area contributed by atoms with Gasteiger partial charge in [0.25, 0.3) is 0 Å². The van der Waals surface area contributed by atoms with E-state index in [1.807, 2.05) is 0 Å². The third-order valence-corrected chi connectivity index (χ3v) is 3.71. The Labute approximate surface area is 123 Å². The van der Waals surface area contributed by atoms with Gasteiger partial charge in [-0.25, -0.2) is 0 Å². The molecule has 5 heteroatoms. The maximum Gasteiger partial charge on any atom is 0.0704 e. The number of rotatable bonds is 10. The van der Waals surface area contributed by atoms with Crippen LogP contribution in [0.25, 0.3) is 0 Å². The summed E-state index contributed by atoms with van der Waals surface area (Å²) in [4.78, 5) is 0. The van der Waals surface area contributed by atoms with Gasteiger partial charge in [0.05, 0.1) is 39.1 Å². The van der Waals surface area contributed by atoms with Crippen molar-refractivity contribution in [1.29, 1.82) is 0 Å². The van der Waals surface area contributed by atoms with Crippen molar-refractivity contribution in [3.05, 3.63) is 0 Å². The lowest BCUT2D eigenvalue weighted by molar-refractivity contribution is -0.0432. The highest BCUT2D eigenvalue weighted by Crippen LogP contribution is 2.30. The predicted molar refractivity (Wildman–Crippen MR) is 79.0 cm³/mol. The molecule has 2 N–H and O–H groups in total. The highest BCUT2D eigenvalue weighted by Gasteiger charge is 2.36. The van der Waals surface area contributed by atoms with Crippen molar-refractivity contribution in [2.75, 3.05) is 40.1 Å². The van der Waals surface area contributed by atoms with Crippen molar-refractivity contribution in [3.8, 4) is 0 Å². The molecule has 0 aromatic heterocycles. The summed E-state index contributed by atoms with van der Waals surface area (Å²) < 4.78 is 16.2. The fraction of sp³-hybridized carbons (Fsp3) is 1.00. The third kappa shape index (κ3) is 6.50. The third-order valence-electron chi connectivity index (χ3n) is 3.71. The van der Waals surface area contributed by atoms with Crippen molar-refractivity contribution < 1.29 is 19.3 Å². The van der Waals surface area contributed by atoms with Crippen LogP contribution in [0.15, 0.2) is 0 Å². The maximum absolute atomic E-state index is 9.72. The summed E-state index contributed by atoms with van der Waals surface area (Å²) in [6.07, 6.45) is 4.27. The molecule has 0 aromatic carbocycles. The molecule has 1 aliphatic rings. The van der Waals surface area contributed by atoms with Gasteiger partial charge in [0, 0.05) is 18.7 Å². The van der Waals surface area contributed by atoms with Crippen LogP contribution in [-0.4, -0.2) is 62.9 Å². The van der Waals surface area contributed by atoms with E-state index in [-0.39, 0.29) is 18.2 Å². The Balaban J connectivity index is 2.25. The van der Waals surface area contributed by atoms with Crippen molar-refractivity contribution in [2.45, 2.75) is 57.2 Å². The zero-order valence-electron chi connectivity index (χ0n) is 13.2. The molecule has 0 saturated heterocycles. The van der Waals surface area contributed by atoms with E-state index in [9.17, 15) is 5.11 Å². The minimum absolute atomic E-state index is 0.173. The maximum atomic E-state index is 9.72. The minimum atomic E-state index is -0.173. The number of methoxy groups -OCH3 is 1.